The van der Waals surface area contributed by atoms with E-state index < -0.39 is 0 Å². The molecular weight excluding hydrogens is 386 g/mol. The first-order chi connectivity index (χ1) is 13.0. The maximum absolute atomic E-state index is 12.3. The van der Waals surface area contributed by atoms with E-state index in [1.807, 2.05) is 6.07 Å². The molecule has 0 aliphatic heterocycles. The number of carbonyl (C=O) groups excluding carboxylic acids is 2. The quantitative estimate of drug-likeness (QED) is 0.629. The minimum Gasteiger partial charge on any atom is -0.467 e. The number of rotatable bonds is 7. The molecule has 27 heavy (non-hydrogen) atoms. The van der Waals surface area contributed by atoms with Gasteiger partial charge >= 0.3 is 0 Å². The molecule has 8 heteroatoms. The van der Waals surface area contributed by atoms with Gasteiger partial charge in [0.05, 0.1) is 24.9 Å². The van der Waals surface area contributed by atoms with Gasteiger partial charge in [0.25, 0.3) is 0 Å². The van der Waals surface area contributed by atoms with Crippen LogP contribution < -0.4 is 10.2 Å². The van der Waals surface area contributed by atoms with Gasteiger partial charge in [-0.3, -0.25) is 14.5 Å². The number of nitrogens with one attached hydrogen (secondary N) is 1. The predicted octanol–water partition coefficient (Wildman–Crippen LogP) is 4.51. The highest BCUT2D eigenvalue weighted by atomic mass is 35.5. The van der Waals surface area contributed by atoms with E-state index in [4.69, 9.17) is 16.0 Å². The van der Waals surface area contributed by atoms with Crippen molar-refractivity contribution in [2.75, 3.05) is 10.2 Å². The lowest BCUT2D eigenvalue weighted by Gasteiger charge is -2.17. The van der Waals surface area contributed by atoms with Gasteiger partial charge in [0.1, 0.15) is 5.76 Å². The smallest absolute Gasteiger partial charge is 0.230 e. The van der Waals surface area contributed by atoms with Gasteiger partial charge in [-0.05, 0) is 36.4 Å². The second-order valence-corrected chi connectivity index (χ2v) is 7.04. The van der Waals surface area contributed by atoms with E-state index in [2.05, 4.69) is 10.3 Å². The molecule has 2 aromatic heterocycles. The fourth-order valence-corrected chi connectivity index (χ4v) is 3.38. The Bertz CT molecular complexity index is 907. The van der Waals surface area contributed by atoms with E-state index in [1.54, 1.807) is 53.8 Å². The molecule has 6 nitrogen and oxygen atoms in total. The fourth-order valence-electron chi connectivity index (χ4n) is 2.42. The number of hydrogen-bond acceptors (Lipinski definition) is 5. The lowest BCUT2D eigenvalue weighted by Crippen LogP contribution is -2.29. The van der Waals surface area contributed by atoms with Crippen LogP contribution in [0.2, 0.25) is 5.02 Å². The van der Waals surface area contributed by atoms with Crippen molar-refractivity contribution < 1.29 is 14.0 Å². The van der Waals surface area contributed by atoms with E-state index in [9.17, 15) is 9.59 Å². The molecule has 1 N–H and O–H groups in total. The van der Waals surface area contributed by atoms with Crippen LogP contribution >= 0.6 is 22.9 Å². The van der Waals surface area contributed by atoms with Crippen LogP contribution in [0.15, 0.2) is 52.5 Å². The SMILES string of the molecule is CCC(=O)N(Cc1ccco1)c1nc(CC(=O)Nc2ccc(Cl)cc2)cs1. The molecule has 3 rings (SSSR count). The van der Waals surface area contributed by atoms with Gasteiger partial charge in [-0.25, -0.2) is 4.98 Å². The van der Waals surface area contributed by atoms with Crippen LogP contribution in [-0.4, -0.2) is 16.8 Å². The second kappa shape index (κ2) is 8.83. The summed E-state index contributed by atoms with van der Waals surface area (Å²) in [4.78, 5) is 30.5. The molecule has 0 aliphatic rings. The first-order valence-electron chi connectivity index (χ1n) is 8.37. The zero-order valence-corrected chi connectivity index (χ0v) is 16.2. The summed E-state index contributed by atoms with van der Waals surface area (Å²) in [5, 5.41) is 5.74. The zero-order valence-electron chi connectivity index (χ0n) is 14.6. The normalized spacial score (nSPS) is 10.6. The lowest BCUT2D eigenvalue weighted by molar-refractivity contribution is -0.118. The van der Waals surface area contributed by atoms with E-state index in [0.29, 0.717) is 40.3 Å². The van der Waals surface area contributed by atoms with E-state index in [1.165, 1.54) is 11.3 Å². The summed E-state index contributed by atoms with van der Waals surface area (Å²) in [6.45, 7) is 2.11. The molecule has 0 fully saturated rings. The molecule has 2 amide bonds. The molecule has 0 saturated heterocycles. The van der Waals surface area contributed by atoms with Crippen molar-refractivity contribution >= 4 is 45.6 Å². The largest absolute Gasteiger partial charge is 0.467 e. The topological polar surface area (TPSA) is 75.4 Å². The summed E-state index contributed by atoms with van der Waals surface area (Å²) < 4.78 is 5.34. The maximum atomic E-state index is 12.3. The molecule has 0 bridgehead atoms. The number of furan rings is 1. The molecule has 3 aromatic rings. The highest BCUT2D eigenvalue weighted by molar-refractivity contribution is 7.14. The Balaban J connectivity index is 1.67. The van der Waals surface area contributed by atoms with E-state index in [0.717, 1.165) is 0 Å². The Labute approximate surface area is 165 Å². The van der Waals surface area contributed by atoms with Gasteiger partial charge in [0, 0.05) is 22.5 Å². The number of anilines is 2. The van der Waals surface area contributed by atoms with Crippen molar-refractivity contribution in [3.63, 3.8) is 0 Å². The van der Waals surface area contributed by atoms with E-state index in [-0.39, 0.29) is 18.2 Å². The molecule has 0 radical (unpaired) electrons. The summed E-state index contributed by atoms with van der Waals surface area (Å²) in [6, 6.07) is 10.5. The zero-order chi connectivity index (χ0) is 19.2. The number of carbonyl (C=O) groups is 2. The van der Waals surface area contributed by atoms with Gasteiger partial charge < -0.3 is 9.73 Å². The minimum absolute atomic E-state index is 0.0575. The summed E-state index contributed by atoms with van der Waals surface area (Å²) in [7, 11) is 0. The van der Waals surface area contributed by atoms with Crippen molar-refractivity contribution in [3.05, 3.63) is 64.5 Å². The van der Waals surface area contributed by atoms with Crippen LogP contribution in [0.5, 0.6) is 0 Å². The number of amides is 2. The molecule has 0 aliphatic carbocycles. The summed E-state index contributed by atoms with van der Waals surface area (Å²) in [5.41, 5.74) is 1.27. The van der Waals surface area contributed by atoms with Crippen LogP contribution in [0.25, 0.3) is 0 Å². The Morgan fingerprint density at radius 1 is 1.26 bits per heavy atom. The van der Waals surface area contributed by atoms with Gasteiger partial charge in [-0.15, -0.1) is 11.3 Å². The van der Waals surface area contributed by atoms with Crippen molar-refractivity contribution in [1.29, 1.82) is 0 Å². The highest BCUT2D eigenvalue weighted by Crippen LogP contribution is 2.24. The molecule has 1 aromatic carbocycles. The molecule has 0 saturated carbocycles. The Morgan fingerprint density at radius 2 is 2.04 bits per heavy atom. The first kappa shape index (κ1) is 19.1. The van der Waals surface area contributed by atoms with Crippen LogP contribution in [0.3, 0.4) is 0 Å². The Morgan fingerprint density at radius 3 is 2.70 bits per heavy atom. The Kier molecular flexibility index (Phi) is 6.26. The van der Waals surface area contributed by atoms with Crippen LogP contribution in [0, 0.1) is 0 Å². The summed E-state index contributed by atoms with van der Waals surface area (Å²) >= 11 is 7.17. The number of hydrogen-bond donors (Lipinski definition) is 1. The number of aromatic nitrogens is 1. The van der Waals surface area contributed by atoms with Gasteiger partial charge in [0.2, 0.25) is 11.8 Å². The molecule has 140 valence electrons. The highest BCUT2D eigenvalue weighted by Gasteiger charge is 2.20. The third-order valence-corrected chi connectivity index (χ3v) is 4.90. The standard InChI is InChI=1S/C19H18ClN3O3S/c1-2-18(25)23(11-16-4-3-9-26-16)19-22-15(12-27-19)10-17(24)21-14-7-5-13(20)6-8-14/h3-9,12H,2,10-11H2,1H3,(H,21,24). The lowest BCUT2D eigenvalue weighted by atomic mass is 10.3. The third-order valence-electron chi connectivity index (χ3n) is 3.74. The van der Waals surface area contributed by atoms with Crippen LogP contribution in [-0.2, 0) is 22.6 Å². The van der Waals surface area contributed by atoms with Crippen molar-refractivity contribution in [3.8, 4) is 0 Å². The van der Waals surface area contributed by atoms with Gasteiger partial charge in [0.15, 0.2) is 5.13 Å². The number of nitrogens with zero attached hydrogens (tertiary/aromatic N) is 2. The van der Waals surface area contributed by atoms with Crippen molar-refractivity contribution in [1.82, 2.24) is 4.98 Å². The number of benzene rings is 1. The first-order valence-corrected chi connectivity index (χ1v) is 9.63. The maximum Gasteiger partial charge on any atom is 0.230 e. The minimum atomic E-state index is -0.187. The monoisotopic (exact) mass is 403 g/mol. The van der Waals surface area contributed by atoms with Gasteiger partial charge in [-0.2, -0.15) is 0 Å². The summed E-state index contributed by atoms with van der Waals surface area (Å²) in [5.74, 6) is 0.431. The Hall–Kier alpha value is -2.64. The molecule has 0 unspecified atom stereocenters. The third kappa shape index (κ3) is 5.18. The molecule has 0 atom stereocenters. The molecule has 2 heterocycles. The van der Waals surface area contributed by atoms with Crippen molar-refractivity contribution in [2.45, 2.75) is 26.3 Å². The van der Waals surface area contributed by atoms with Gasteiger partial charge in [-0.1, -0.05) is 18.5 Å². The van der Waals surface area contributed by atoms with Crippen molar-refractivity contribution in [2.24, 2.45) is 0 Å². The summed E-state index contributed by atoms with van der Waals surface area (Å²) in [6.07, 6.45) is 2.04. The second-order valence-electron chi connectivity index (χ2n) is 5.77. The average molecular weight is 404 g/mol. The van der Waals surface area contributed by atoms with Crippen LogP contribution in [0.1, 0.15) is 24.8 Å². The molecule has 0 spiro atoms. The van der Waals surface area contributed by atoms with Crippen LogP contribution in [0.4, 0.5) is 10.8 Å². The number of halogens is 1. The average Bonchev–Trinajstić information content (AvgIpc) is 3.33. The number of thiazole rings is 1. The molecular formula is C19H18ClN3O3S. The van der Waals surface area contributed by atoms with E-state index >= 15 is 0 Å². The predicted molar refractivity (Wildman–Crippen MR) is 106 cm³/mol. The fraction of sp³-hybridized carbons (Fsp3) is 0.211.